The van der Waals surface area contributed by atoms with Crippen molar-refractivity contribution >= 4 is 16.5 Å². The lowest BCUT2D eigenvalue weighted by Gasteiger charge is -2.42. The Kier molecular flexibility index (Phi) is 6.13. The number of hydrogen-bond donors (Lipinski definition) is 0. The Morgan fingerprint density at radius 3 is 2.34 bits per heavy atom. The monoisotopic (exact) mass is 451 g/mol. The Morgan fingerprint density at radius 1 is 0.938 bits per heavy atom. The third-order valence-electron chi connectivity index (χ3n) is 8.58. The first-order chi connectivity index (χ1) is 15.3. The van der Waals surface area contributed by atoms with Crippen LogP contribution in [0.15, 0.2) is 23.6 Å². The summed E-state index contributed by atoms with van der Waals surface area (Å²) in [6.45, 7) is 15.9. The molecule has 3 nitrogen and oxygen atoms in total. The number of nitrogens with zero attached hydrogens (tertiary/aromatic N) is 3. The summed E-state index contributed by atoms with van der Waals surface area (Å²) < 4.78 is 0. The molecule has 0 bridgehead atoms. The predicted octanol–water partition coefficient (Wildman–Crippen LogP) is 6.86. The fourth-order valence-corrected chi connectivity index (χ4v) is 6.96. The SMILES string of the molecule is CC1(C)CCC(C)(C)c2cc(-c3csc(N4CCC(CCN5CCCC5)CC4)n3)ccc21. The summed E-state index contributed by atoms with van der Waals surface area (Å²) in [4.78, 5) is 10.3. The maximum Gasteiger partial charge on any atom is 0.185 e. The van der Waals surface area contributed by atoms with E-state index in [2.05, 4.69) is 61.1 Å². The standard InChI is InChI=1S/C28H41N3S/c1-27(2)12-13-28(3,4)24-19-22(7-8-23(24)27)25-20-32-26(29-25)31-17-10-21(11-18-31)9-16-30-14-5-6-15-30/h7-8,19-21H,5-6,9-18H2,1-4H3. The average molecular weight is 452 g/mol. The van der Waals surface area contributed by atoms with Gasteiger partial charge in [0.05, 0.1) is 5.69 Å². The Bertz CT molecular complexity index is 930. The van der Waals surface area contributed by atoms with Gasteiger partial charge in [-0.1, -0.05) is 39.8 Å². The maximum atomic E-state index is 5.11. The van der Waals surface area contributed by atoms with Gasteiger partial charge in [0.25, 0.3) is 0 Å². The molecule has 2 saturated heterocycles. The normalized spacial score (nSPS) is 23.4. The van der Waals surface area contributed by atoms with Gasteiger partial charge in [0.2, 0.25) is 0 Å². The lowest BCUT2D eigenvalue weighted by molar-refractivity contribution is 0.280. The Morgan fingerprint density at radius 2 is 1.62 bits per heavy atom. The second-order valence-corrected chi connectivity index (χ2v) is 12.6. The lowest BCUT2D eigenvalue weighted by Crippen LogP contribution is -2.35. The van der Waals surface area contributed by atoms with Crippen LogP contribution in [0.25, 0.3) is 11.3 Å². The van der Waals surface area contributed by atoms with Crippen molar-refractivity contribution in [1.82, 2.24) is 9.88 Å². The topological polar surface area (TPSA) is 19.4 Å². The number of benzene rings is 1. The highest BCUT2D eigenvalue weighted by Crippen LogP contribution is 2.47. The number of rotatable bonds is 5. The lowest BCUT2D eigenvalue weighted by atomic mass is 9.63. The molecular formula is C28H41N3S. The van der Waals surface area contributed by atoms with Crippen molar-refractivity contribution in [2.24, 2.45) is 5.92 Å². The molecule has 0 amide bonds. The van der Waals surface area contributed by atoms with E-state index in [1.54, 1.807) is 0 Å². The fraction of sp³-hybridized carbons (Fsp3) is 0.679. The van der Waals surface area contributed by atoms with Crippen molar-refractivity contribution in [3.63, 3.8) is 0 Å². The van der Waals surface area contributed by atoms with Gasteiger partial charge in [0.1, 0.15) is 0 Å². The van der Waals surface area contributed by atoms with E-state index in [0.717, 1.165) is 11.6 Å². The zero-order valence-electron chi connectivity index (χ0n) is 20.6. The molecular weight excluding hydrogens is 410 g/mol. The van der Waals surface area contributed by atoms with Gasteiger partial charge >= 0.3 is 0 Å². The Hall–Kier alpha value is -1.39. The van der Waals surface area contributed by atoms with E-state index in [4.69, 9.17) is 4.98 Å². The van der Waals surface area contributed by atoms with Gasteiger partial charge < -0.3 is 9.80 Å². The fourth-order valence-electron chi connectivity index (χ4n) is 6.07. The molecule has 2 aliphatic heterocycles. The summed E-state index contributed by atoms with van der Waals surface area (Å²) in [7, 11) is 0. The third kappa shape index (κ3) is 4.50. The minimum Gasteiger partial charge on any atom is -0.348 e. The summed E-state index contributed by atoms with van der Waals surface area (Å²) in [5, 5.41) is 3.49. The maximum absolute atomic E-state index is 5.11. The average Bonchev–Trinajstić information content (AvgIpc) is 3.48. The number of aromatic nitrogens is 1. The Labute approximate surface area is 199 Å². The van der Waals surface area contributed by atoms with Crippen LogP contribution >= 0.6 is 11.3 Å². The minimum atomic E-state index is 0.247. The summed E-state index contributed by atoms with van der Waals surface area (Å²) in [5.74, 6) is 0.900. The minimum absolute atomic E-state index is 0.247. The van der Waals surface area contributed by atoms with E-state index in [0.29, 0.717) is 0 Å². The van der Waals surface area contributed by atoms with Crippen LogP contribution in [0.2, 0.25) is 0 Å². The van der Waals surface area contributed by atoms with Crippen molar-refractivity contribution in [3.8, 4) is 11.3 Å². The summed E-state index contributed by atoms with van der Waals surface area (Å²) in [6, 6.07) is 7.14. The van der Waals surface area contributed by atoms with E-state index in [-0.39, 0.29) is 10.8 Å². The van der Waals surface area contributed by atoms with Gasteiger partial charge in [-0.3, -0.25) is 0 Å². The second kappa shape index (κ2) is 8.76. The molecule has 2 fully saturated rings. The smallest absolute Gasteiger partial charge is 0.185 e. The van der Waals surface area contributed by atoms with Crippen molar-refractivity contribution in [3.05, 3.63) is 34.7 Å². The molecule has 0 atom stereocenters. The summed E-state index contributed by atoms with van der Waals surface area (Å²) in [6.07, 6.45) is 9.37. The number of thiazole rings is 1. The molecule has 5 rings (SSSR count). The molecule has 1 aromatic heterocycles. The molecule has 0 radical (unpaired) electrons. The Balaban J connectivity index is 1.25. The third-order valence-corrected chi connectivity index (χ3v) is 9.48. The summed E-state index contributed by atoms with van der Waals surface area (Å²) in [5.41, 5.74) is 6.02. The molecule has 32 heavy (non-hydrogen) atoms. The molecule has 1 aliphatic carbocycles. The van der Waals surface area contributed by atoms with Crippen molar-refractivity contribution in [2.75, 3.05) is 37.6 Å². The largest absolute Gasteiger partial charge is 0.348 e. The summed E-state index contributed by atoms with van der Waals surface area (Å²) >= 11 is 1.83. The van der Waals surface area contributed by atoms with E-state index >= 15 is 0 Å². The molecule has 1 aromatic carbocycles. The van der Waals surface area contributed by atoms with Gasteiger partial charge in [0.15, 0.2) is 5.13 Å². The first-order valence-electron chi connectivity index (χ1n) is 12.9. The highest BCUT2D eigenvalue weighted by molar-refractivity contribution is 7.14. The predicted molar refractivity (Wildman–Crippen MR) is 138 cm³/mol. The number of piperidine rings is 1. The van der Waals surface area contributed by atoms with Gasteiger partial charge in [0, 0.05) is 24.0 Å². The van der Waals surface area contributed by atoms with Crippen LogP contribution in [0, 0.1) is 5.92 Å². The van der Waals surface area contributed by atoms with E-state index in [1.807, 2.05) is 11.3 Å². The molecule has 0 spiro atoms. The zero-order valence-corrected chi connectivity index (χ0v) is 21.4. The van der Waals surface area contributed by atoms with Crippen LogP contribution < -0.4 is 4.90 Å². The molecule has 2 aromatic rings. The van der Waals surface area contributed by atoms with Crippen molar-refractivity contribution in [2.45, 2.75) is 83.5 Å². The molecule has 174 valence electrons. The number of likely N-dealkylation sites (tertiary alicyclic amines) is 1. The van der Waals surface area contributed by atoms with Crippen LogP contribution in [0.3, 0.4) is 0 Å². The quantitative estimate of drug-likeness (QED) is 0.495. The molecule has 3 heterocycles. The molecule has 4 heteroatoms. The van der Waals surface area contributed by atoms with Gasteiger partial charge in [-0.05, 0) is 98.5 Å². The van der Waals surface area contributed by atoms with Crippen LogP contribution in [0.5, 0.6) is 0 Å². The highest BCUT2D eigenvalue weighted by atomic mass is 32.1. The molecule has 0 unspecified atom stereocenters. The van der Waals surface area contributed by atoms with Crippen LogP contribution in [0.4, 0.5) is 5.13 Å². The number of hydrogen-bond acceptors (Lipinski definition) is 4. The van der Waals surface area contributed by atoms with Crippen molar-refractivity contribution in [1.29, 1.82) is 0 Å². The second-order valence-electron chi connectivity index (χ2n) is 11.8. The van der Waals surface area contributed by atoms with Crippen LogP contribution in [-0.2, 0) is 10.8 Å². The van der Waals surface area contributed by atoms with E-state index in [1.165, 1.54) is 99.5 Å². The first kappa shape index (κ1) is 22.4. The van der Waals surface area contributed by atoms with Gasteiger partial charge in [-0.25, -0.2) is 4.98 Å². The zero-order chi connectivity index (χ0) is 22.3. The first-order valence-corrected chi connectivity index (χ1v) is 13.8. The molecule has 0 saturated carbocycles. The van der Waals surface area contributed by atoms with E-state index in [9.17, 15) is 0 Å². The number of anilines is 1. The molecule has 0 N–H and O–H groups in total. The van der Waals surface area contributed by atoms with Gasteiger partial charge in [-0.15, -0.1) is 11.3 Å². The molecule has 3 aliphatic rings. The van der Waals surface area contributed by atoms with E-state index < -0.39 is 0 Å². The van der Waals surface area contributed by atoms with Crippen molar-refractivity contribution < 1.29 is 0 Å². The highest BCUT2D eigenvalue weighted by Gasteiger charge is 2.37. The van der Waals surface area contributed by atoms with Gasteiger partial charge in [-0.2, -0.15) is 0 Å². The van der Waals surface area contributed by atoms with Crippen LogP contribution in [-0.4, -0.2) is 42.6 Å². The van der Waals surface area contributed by atoms with Crippen LogP contribution in [0.1, 0.15) is 83.8 Å². The number of fused-ring (bicyclic) bond motifs is 1.